The summed E-state index contributed by atoms with van der Waals surface area (Å²) in [7, 11) is 0. The summed E-state index contributed by atoms with van der Waals surface area (Å²) in [6.07, 6.45) is 1.30. The highest BCUT2D eigenvalue weighted by Crippen LogP contribution is 2.09. The molecule has 1 rings (SSSR count). The molecule has 0 aliphatic rings. The van der Waals surface area contributed by atoms with Crippen LogP contribution in [0.1, 0.15) is 17.5 Å². The first-order chi connectivity index (χ1) is 5.24. The third-order valence-electron chi connectivity index (χ3n) is 1.10. The largest absolute Gasteiger partial charge is 0.460 e. The second-order valence-electron chi connectivity index (χ2n) is 1.96. The van der Waals surface area contributed by atoms with E-state index in [9.17, 15) is 4.79 Å². The highest BCUT2D eigenvalue weighted by Gasteiger charge is 2.09. The second-order valence-corrected chi connectivity index (χ2v) is 1.96. The van der Waals surface area contributed by atoms with E-state index in [2.05, 4.69) is 4.74 Å². The zero-order valence-electron chi connectivity index (χ0n) is 6.16. The first kappa shape index (κ1) is 7.65. The van der Waals surface area contributed by atoms with Crippen molar-refractivity contribution in [3.63, 3.8) is 0 Å². The number of esters is 1. The number of anilines is 1. The zero-order valence-corrected chi connectivity index (χ0v) is 6.16. The SMILES string of the molecule is CCOC(=O)c1cc(N)co1. The first-order valence-corrected chi connectivity index (χ1v) is 3.25. The van der Waals surface area contributed by atoms with Crippen LogP contribution < -0.4 is 5.73 Å². The molecule has 0 aliphatic heterocycles. The van der Waals surface area contributed by atoms with Crippen LogP contribution in [0.3, 0.4) is 0 Å². The molecule has 0 radical (unpaired) electrons. The van der Waals surface area contributed by atoms with Gasteiger partial charge in [0.2, 0.25) is 5.76 Å². The maximum atomic E-state index is 10.9. The Balaban J connectivity index is 2.69. The van der Waals surface area contributed by atoms with Gasteiger partial charge in [-0.3, -0.25) is 0 Å². The van der Waals surface area contributed by atoms with Crippen molar-refractivity contribution in [2.45, 2.75) is 6.92 Å². The van der Waals surface area contributed by atoms with E-state index in [1.807, 2.05) is 0 Å². The fourth-order valence-corrected chi connectivity index (χ4v) is 0.660. The van der Waals surface area contributed by atoms with Gasteiger partial charge in [-0.05, 0) is 6.92 Å². The quantitative estimate of drug-likeness (QED) is 0.648. The van der Waals surface area contributed by atoms with Crippen LogP contribution in [0.25, 0.3) is 0 Å². The van der Waals surface area contributed by atoms with E-state index in [0.717, 1.165) is 0 Å². The van der Waals surface area contributed by atoms with Crippen LogP contribution in [0.4, 0.5) is 5.69 Å². The molecule has 0 saturated heterocycles. The van der Waals surface area contributed by atoms with E-state index in [4.69, 9.17) is 10.2 Å². The van der Waals surface area contributed by atoms with Crippen molar-refractivity contribution in [3.05, 3.63) is 18.1 Å². The minimum Gasteiger partial charge on any atom is -0.460 e. The van der Waals surface area contributed by atoms with E-state index < -0.39 is 5.97 Å². The van der Waals surface area contributed by atoms with Crippen LogP contribution in [0.2, 0.25) is 0 Å². The predicted molar refractivity (Wildman–Crippen MR) is 39.1 cm³/mol. The Bertz CT molecular complexity index is 254. The number of rotatable bonds is 2. The molecule has 1 aromatic rings. The number of carbonyl (C=O) groups is 1. The molecular formula is C7H9NO3. The van der Waals surface area contributed by atoms with Gasteiger partial charge < -0.3 is 14.9 Å². The van der Waals surface area contributed by atoms with Gasteiger partial charge in [0.25, 0.3) is 0 Å². The molecule has 0 aromatic carbocycles. The molecule has 0 unspecified atom stereocenters. The Morgan fingerprint density at radius 2 is 2.55 bits per heavy atom. The van der Waals surface area contributed by atoms with Crippen LogP contribution in [0.5, 0.6) is 0 Å². The number of carbonyl (C=O) groups excluding carboxylic acids is 1. The summed E-state index contributed by atoms with van der Waals surface area (Å²) in [5, 5.41) is 0. The second kappa shape index (κ2) is 3.09. The van der Waals surface area contributed by atoms with Crippen LogP contribution in [-0.2, 0) is 4.74 Å². The van der Waals surface area contributed by atoms with E-state index in [1.54, 1.807) is 6.92 Å². The van der Waals surface area contributed by atoms with Crippen molar-refractivity contribution in [2.75, 3.05) is 12.3 Å². The summed E-state index contributed by atoms with van der Waals surface area (Å²) in [6.45, 7) is 2.06. The van der Waals surface area contributed by atoms with Crippen LogP contribution in [0.15, 0.2) is 16.7 Å². The summed E-state index contributed by atoms with van der Waals surface area (Å²) >= 11 is 0. The molecule has 4 heteroatoms. The Morgan fingerprint density at radius 3 is 3.00 bits per heavy atom. The van der Waals surface area contributed by atoms with Crippen LogP contribution in [-0.4, -0.2) is 12.6 Å². The molecule has 0 fully saturated rings. The molecule has 4 nitrogen and oxygen atoms in total. The molecule has 0 bridgehead atoms. The minimum absolute atomic E-state index is 0.143. The molecule has 2 N–H and O–H groups in total. The molecule has 0 aliphatic carbocycles. The molecule has 0 spiro atoms. The number of nitrogens with two attached hydrogens (primary N) is 1. The molecule has 0 atom stereocenters. The lowest BCUT2D eigenvalue weighted by Gasteiger charge is -1.95. The number of ether oxygens (including phenoxy) is 1. The van der Waals surface area contributed by atoms with Crippen molar-refractivity contribution in [2.24, 2.45) is 0 Å². The van der Waals surface area contributed by atoms with Gasteiger partial charge in [-0.2, -0.15) is 0 Å². The Labute approximate surface area is 63.9 Å². The van der Waals surface area contributed by atoms with Crippen molar-refractivity contribution in [3.8, 4) is 0 Å². The lowest BCUT2D eigenvalue weighted by atomic mass is 10.4. The average Bonchev–Trinajstić information content (AvgIpc) is 2.36. The summed E-state index contributed by atoms with van der Waals surface area (Å²) in [5.74, 6) is -0.339. The van der Waals surface area contributed by atoms with Gasteiger partial charge in [0, 0.05) is 6.07 Å². The fourth-order valence-electron chi connectivity index (χ4n) is 0.660. The Hall–Kier alpha value is -1.45. The lowest BCUT2D eigenvalue weighted by Crippen LogP contribution is -2.02. The summed E-state index contributed by atoms with van der Waals surface area (Å²) < 4.78 is 9.43. The number of hydrogen-bond donors (Lipinski definition) is 1. The normalized spacial score (nSPS) is 9.55. The summed E-state index contributed by atoms with van der Waals surface area (Å²) in [6, 6.07) is 1.43. The molecule has 0 amide bonds. The van der Waals surface area contributed by atoms with Crippen molar-refractivity contribution < 1.29 is 13.9 Å². The third-order valence-corrected chi connectivity index (χ3v) is 1.10. The molecule has 1 heterocycles. The first-order valence-electron chi connectivity index (χ1n) is 3.25. The van der Waals surface area contributed by atoms with E-state index in [0.29, 0.717) is 12.3 Å². The fraction of sp³-hybridized carbons (Fsp3) is 0.286. The lowest BCUT2D eigenvalue weighted by molar-refractivity contribution is 0.0490. The van der Waals surface area contributed by atoms with Crippen molar-refractivity contribution in [1.82, 2.24) is 0 Å². The highest BCUT2D eigenvalue weighted by atomic mass is 16.5. The molecular weight excluding hydrogens is 146 g/mol. The number of hydrogen-bond acceptors (Lipinski definition) is 4. The number of nitrogen functional groups attached to an aromatic ring is 1. The van der Waals surface area contributed by atoms with Gasteiger partial charge in [-0.15, -0.1) is 0 Å². The van der Waals surface area contributed by atoms with E-state index in [1.165, 1.54) is 12.3 Å². The van der Waals surface area contributed by atoms with E-state index in [-0.39, 0.29) is 5.76 Å². The Kier molecular flexibility index (Phi) is 2.15. The molecule has 11 heavy (non-hydrogen) atoms. The summed E-state index contributed by atoms with van der Waals surface area (Å²) in [5.41, 5.74) is 5.74. The van der Waals surface area contributed by atoms with Crippen LogP contribution in [0, 0.1) is 0 Å². The molecule has 0 saturated carbocycles. The van der Waals surface area contributed by atoms with Gasteiger partial charge >= 0.3 is 5.97 Å². The molecule has 1 aromatic heterocycles. The smallest absolute Gasteiger partial charge is 0.374 e. The van der Waals surface area contributed by atoms with Crippen molar-refractivity contribution >= 4 is 11.7 Å². The summed E-state index contributed by atoms with van der Waals surface area (Å²) in [4.78, 5) is 10.9. The third kappa shape index (κ3) is 1.73. The van der Waals surface area contributed by atoms with Gasteiger partial charge in [-0.1, -0.05) is 0 Å². The van der Waals surface area contributed by atoms with Gasteiger partial charge in [0.15, 0.2) is 0 Å². The molecule has 60 valence electrons. The van der Waals surface area contributed by atoms with Gasteiger partial charge in [0.1, 0.15) is 6.26 Å². The maximum Gasteiger partial charge on any atom is 0.374 e. The van der Waals surface area contributed by atoms with Crippen LogP contribution >= 0.6 is 0 Å². The van der Waals surface area contributed by atoms with Gasteiger partial charge in [-0.25, -0.2) is 4.79 Å². The standard InChI is InChI=1S/C7H9NO3/c1-2-10-7(9)6-3-5(8)4-11-6/h3-4H,2,8H2,1H3. The zero-order chi connectivity index (χ0) is 8.27. The number of furan rings is 1. The Morgan fingerprint density at radius 1 is 1.82 bits per heavy atom. The van der Waals surface area contributed by atoms with Crippen molar-refractivity contribution in [1.29, 1.82) is 0 Å². The topological polar surface area (TPSA) is 65.5 Å². The monoisotopic (exact) mass is 155 g/mol. The maximum absolute atomic E-state index is 10.9. The highest BCUT2D eigenvalue weighted by molar-refractivity contribution is 5.87. The minimum atomic E-state index is -0.482. The average molecular weight is 155 g/mol. The van der Waals surface area contributed by atoms with Gasteiger partial charge in [0.05, 0.1) is 12.3 Å². The predicted octanol–water partition coefficient (Wildman–Crippen LogP) is 1.04. The van der Waals surface area contributed by atoms with E-state index >= 15 is 0 Å².